The van der Waals surface area contributed by atoms with E-state index in [1.54, 1.807) is 7.11 Å². The maximum atomic E-state index is 10.8. The minimum atomic E-state index is -1.44. The molecule has 0 spiro atoms. The average Bonchev–Trinajstić information content (AvgIpc) is 2.99. The van der Waals surface area contributed by atoms with Crippen molar-refractivity contribution >= 4 is 0 Å². The van der Waals surface area contributed by atoms with Gasteiger partial charge < -0.3 is 24.1 Å². The van der Waals surface area contributed by atoms with Crippen LogP contribution < -0.4 is 0 Å². The van der Waals surface area contributed by atoms with Crippen LogP contribution in [0.2, 0.25) is 0 Å². The lowest BCUT2D eigenvalue weighted by Crippen LogP contribution is -2.58. The quantitative estimate of drug-likeness (QED) is 0.666. The first-order valence-electron chi connectivity index (χ1n) is 7.45. The highest BCUT2D eigenvalue weighted by Gasteiger charge is 2.59. The molecule has 0 bridgehead atoms. The Morgan fingerprint density at radius 3 is 2.64 bits per heavy atom. The van der Waals surface area contributed by atoms with Crippen molar-refractivity contribution in [3.63, 3.8) is 0 Å². The summed E-state index contributed by atoms with van der Waals surface area (Å²) in [6, 6.07) is 10.2. The van der Waals surface area contributed by atoms with E-state index in [1.807, 2.05) is 24.3 Å². The van der Waals surface area contributed by atoms with Crippen LogP contribution in [0.15, 0.2) is 42.0 Å². The molecule has 3 atom stereocenters. The molecule has 3 rings (SSSR count). The molecular formula is C17H22O5. The van der Waals surface area contributed by atoms with Gasteiger partial charge in [-0.2, -0.15) is 0 Å². The molecule has 0 saturated carbocycles. The predicted octanol–water partition coefficient (Wildman–Crippen LogP) is 2.00. The number of fused-ring (bicyclic) bond motifs is 1. The summed E-state index contributed by atoms with van der Waals surface area (Å²) in [5.41, 5.74) is 2.29. The van der Waals surface area contributed by atoms with E-state index in [0.717, 1.165) is 18.4 Å². The molecule has 1 aliphatic carbocycles. The van der Waals surface area contributed by atoms with Crippen LogP contribution in [0.5, 0.6) is 0 Å². The summed E-state index contributed by atoms with van der Waals surface area (Å²) < 4.78 is 22.0. The molecule has 1 aromatic carbocycles. The Balaban J connectivity index is 1.81. The molecule has 5 heteroatoms. The van der Waals surface area contributed by atoms with Crippen LogP contribution in [0.25, 0.3) is 0 Å². The lowest BCUT2D eigenvalue weighted by molar-refractivity contribution is -0.290. The van der Waals surface area contributed by atoms with Crippen molar-refractivity contribution in [1.82, 2.24) is 0 Å². The van der Waals surface area contributed by atoms with Crippen LogP contribution in [0, 0.1) is 0 Å². The summed E-state index contributed by atoms with van der Waals surface area (Å²) in [5, 5.41) is 10.8. The maximum absolute atomic E-state index is 10.8. The Labute approximate surface area is 130 Å². The normalized spacial score (nSPS) is 34.3. The molecule has 1 aliphatic heterocycles. The maximum Gasteiger partial charge on any atom is 0.222 e. The fourth-order valence-corrected chi connectivity index (χ4v) is 3.22. The van der Waals surface area contributed by atoms with Gasteiger partial charge in [-0.25, -0.2) is 0 Å². The van der Waals surface area contributed by atoms with Crippen molar-refractivity contribution in [3.05, 3.63) is 47.5 Å². The molecule has 1 aromatic rings. The van der Waals surface area contributed by atoms with Gasteiger partial charge >= 0.3 is 0 Å². The number of hydrogen-bond donors (Lipinski definition) is 1. The second kappa shape index (κ2) is 6.10. The topological polar surface area (TPSA) is 57.2 Å². The number of rotatable bonds is 5. The summed E-state index contributed by atoms with van der Waals surface area (Å²) in [7, 11) is 3.02. The number of hydrogen-bond acceptors (Lipinski definition) is 5. The number of aryl methyl sites for hydroxylation is 1. The molecule has 1 saturated heterocycles. The second-order valence-corrected chi connectivity index (χ2v) is 5.75. The van der Waals surface area contributed by atoms with Crippen molar-refractivity contribution in [2.24, 2.45) is 0 Å². The summed E-state index contributed by atoms with van der Waals surface area (Å²) >= 11 is 0. The van der Waals surface area contributed by atoms with Gasteiger partial charge in [-0.15, -0.1) is 0 Å². The van der Waals surface area contributed by atoms with Gasteiger partial charge in [0.25, 0.3) is 0 Å². The Morgan fingerprint density at radius 2 is 1.95 bits per heavy atom. The fraction of sp³-hybridized carbons (Fsp3) is 0.529. The Hall–Kier alpha value is -1.24. The molecule has 120 valence electrons. The molecule has 0 radical (unpaired) electrons. The van der Waals surface area contributed by atoms with E-state index in [4.69, 9.17) is 18.9 Å². The van der Waals surface area contributed by atoms with E-state index in [9.17, 15) is 5.11 Å². The standard InChI is InChI=1S/C17H22O5/c1-19-16(18)10-14(9-8-13-6-4-3-5-7-13)11-17(20-2)15(16)21-12-22-17/h3-7,11,15,18H,8-10,12H2,1-2H3. The lowest BCUT2D eigenvalue weighted by Gasteiger charge is -2.43. The van der Waals surface area contributed by atoms with Crippen molar-refractivity contribution in [3.8, 4) is 0 Å². The van der Waals surface area contributed by atoms with Gasteiger partial charge in [-0.3, -0.25) is 0 Å². The van der Waals surface area contributed by atoms with E-state index in [2.05, 4.69) is 12.1 Å². The van der Waals surface area contributed by atoms with Crippen LogP contribution in [0.1, 0.15) is 18.4 Å². The zero-order chi connectivity index (χ0) is 15.6. The zero-order valence-corrected chi connectivity index (χ0v) is 13.0. The number of ether oxygens (including phenoxy) is 4. The first kappa shape index (κ1) is 15.6. The first-order valence-corrected chi connectivity index (χ1v) is 7.45. The smallest absolute Gasteiger partial charge is 0.222 e. The third-order valence-electron chi connectivity index (χ3n) is 4.43. The Bertz CT molecular complexity index is 543. The Kier molecular flexibility index (Phi) is 4.34. The van der Waals surface area contributed by atoms with Crippen LogP contribution >= 0.6 is 0 Å². The fourth-order valence-electron chi connectivity index (χ4n) is 3.22. The van der Waals surface area contributed by atoms with Gasteiger partial charge in [0.2, 0.25) is 11.6 Å². The highest BCUT2D eigenvalue weighted by molar-refractivity contribution is 5.24. The van der Waals surface area contributed by atoms with Crippen LogP contribution in [-0.4, -0.2) is 43.8 Å². The van der Waals surface area contributed by atoms with E-state index < -0.39 is 17.7 Å². The molecular weight excluding hydrogens is 284 g/mol. The largest absolute Gasteiger partial charge is 0.363 e. The molecule has 1 N–H and O–H groups in total. The van der Waals surface area contributed by atoms with E-state index in [-0.39, 0.29) is 6.79 Å². The number of benzene rings is 1. The molecule has 3 unspecified atom stereocenters. The van der Waals surface area contributed by atoms with Crippen LogP contribution in [-0.2, 0) is 25.4 Å². The summed E-state index contributed by atoms with van der Waals surface area (Å²) in [6.07, 6.45) is 3.32. The van der Waals surface area contributed by atoms with E-state index >= 15 is 0 Å². The molecule has 5 nitrogen and oxygen atoms in total. The molecule has 0 aromatic heterocycles. The van der Waals surface area contributed by atoms with Crippen molar-refractivity contribution in [2.45, 2.75) is 36.9 Å². The second-order valence-electron chi connectivity index (χ2n) is 5.75. The van der Waals surface area contributed by atoms with Crippen molar-refractivity contribution < 1.29 is 24.1 Å². The molecule has 22 heavy (non-hydrogen) atoms. The van der Waals surface area contributed by atoms with Crippen molar-refractivity contribution in [1.29, 1.82) is 0 Å². The van der Waals surface area contributed by atoms with Crippen LogP contribution in [0.4, 0.5) is 0 Å². The third kappa shape index (κ3) is 2.71. The van der Waals surface area contributed by atoms with Crippen LogP contribution in [0.3, 0.4) is 0 Å². The number of methoxy groups -OCH3 is 2. The molecule has 1 fully saturated rings. The van der Waals surface area contributed by atoms with E-state index in [1.165, 1.54) is 12.7 Å². The van der Waals surface area contributed by atoms with Gasteiger partial charge in [0.1, 0.15) is 0 Å². The van der Waals surface area contributed by atoms with Gasteiger partial charge in [0.05, 0.1) is 0 Å². The average molecular weight is 306 g/mol. The highest BCUT2D eigenvalue weighted by atomic mass is 16.8. The molecule has 1 heterocycles. The first-order chi connectivity index (χ1) is 10.6. The lowest BCUT2D eigenvalue weighted by atomic mass is 9.84. The summed E-state index contributed by atoms with van der Waals surface area (Å²) in [4.78, 5) is 0. The van der Waals surface area contributed by atoms with E-state index in [0.29, 0.717) is 6.42 Å². The van der Waals surface area contributed by atoms with Gasteiger partial charge in [0, 0.05) is 20.6 Å². The summed E-state index contributed by atoms with van der Waals surface area (Å²) in [6.45, 7) is 0.0760. The zero-order valence-electron chi connectivity index (χ0n) is 13.0. The Morgan fingerprint density at radius 1 is 1.18 bits per heavy atom. The minimum absolute atomic E-state index is 0.0760. The van der Waals surface area contributed by atoms with Gasteiger partial charge in [-0.05, 0) is 24.5 Å². The van der Waals surface area contributed by atoms with Crippen molar-refractivity contribution in [2.75, 3.05) is 21.0 Å². The molecule has 0 amide bonds. The highest BCUT2D eigenvalue weighted by Crippen LogP contribution is 2.44. The number of aliphatic hydroxyl groups is 1. The monoisotopic (exact) mass is 306 g/mol. The molecule has 2 aliphatic rings. The van der Waals surface area contributed by atoms with Gasteiger partial charge in [-0.1, -0.05) is 35.9 Å². The predicted molar refractivity (Wildman–Crippen MR) is 80.0 cm³/mol. The SMILES string of the molecule is COC1(O)CC(CCc2ccccc2)=CC2(OC)OCOC12. The minimum Gasteiger partial charge on any atom is -0.363 e. The summed E-state index contributed by atoms with van der Waals surface area (Å²) in [5.74, 6) is -2.51. The third-order valence-corrected chi connectivity index (χ3v) is 4.43. The van der Waals surface area contributed by atoms with Gasteiger partial charge in [0.15, 0.2) is 12.9 Å².